The molecule has 0 N–H and O–H groups in total. The highest BCUT2D eigenvalue weighted by Gasteiger charge is 2.35. The Labute approximate surface area is 81.2 Å². The first-order valence-electron chi connectivity index (χ1n) is 4.63. The molecule has 0 unspecified atom stereocenters. The summed E-state index contributed by atoms with van der Waals surface area (Å²) in [5, 5.41) is 0. The van der Waals surface area contributed by atoms with Crippen LogP contribution in [0.3, 0.4) is 0 Å². The molecule has 5 heteroatoms. The van der Waals surface area contributed by atoms with Crippen LogP contribution in [-0.4, -0.2) is 24.7 Å². The maximum Gasteiger partial charge on any atom is 0.392 e. The molecule has 1 aliphatic heterocycles. The molecule has 0 saturated heterocycles. The molecule has 82 valence electrons. The Hall–Kier alpha value is -0.740. The van der Waals surface area contributed by atoms with Crippen LogP contribution in [0.2, 0.25) is 0 Å². The first kappa shape index (κ1) is 11.3. The van der Waals surface area contributed by atoms with Gasteiger partial charge in [0.25, 0.3) is 0 Å². The zero-order valence-electron chi connectivity index (χ0n) is 8.27. The second-order valence-electron chi connectivity index (χ2n) is 3.89. The number of nitrogens with zero attached hydrogens (tertiary/aromatic N) is 1. The SMILES string of the molecule is CC(C)CC1=NC[C@H](CC(F)(F)F)O1. The highest BCUT2D eigenvalue weighted by atomic mass is 19.4. The van der Waals surface area contributed by atoms with Crippen LogP contribution in [0.5, 0.6) is 0 Å². The third-order valence-corrected chi connectivity index (χ3v) is 1.82. The van der Waals surface area contributed by atoms with Gasteiger partial charge < -0.3 is 4.74 Å². The molecule has 0 aromatic heterocycles. The molecular weight excluding hydrogens is 195 g/mol. The molecule has 0 amide bonds. The van der Waals surface area contributed by atoms with Crippen LogP contribution in [0.25, 0.3) is 0 Å². The Kier molecular flexibility index (Phi) is 3.39. The van der Waals surface area contributed by atoms with E-state index < -0.39 is 18.7 Å². The van der Waals surface area contributed by atoms with Crippen LogP contribution in [0, 0.1) is 5.92 Å². The molecule has 1 atom stereocenters. The molecule has 0 saturated carbocycles. The van der Waals surface area contributed by atoms with Gasteiger partial charge >= 0.3 is 6.18 Å². The lowest BCUT2D eigenvalue weighted by Crippen LogP contribution is -2.22. The van der Waals surface area contributed by atoms with Crippen molar-refractivity contribution in [2.75, 3.05) is 6.54 Å². The van der Waals surface area contributed by atoms with E-state index in [9.17, 15) is 13.2 Å². The van der Waals surface area contributed by atoms with E-state index >= 15 is 0 Å². The van der Waals surface area contributed by atoms with Gasteiger partial charge in [0, 0.05) is 6.42 Å². The lowest BCUT2D eigenvalue weighted by molar-refractivity contribution is -0.149. The van der Waals surface area contributed by atoms with Gasteiger partial charge in [0.15, 0.2) is 5.90 Å². The molecule has 0 radical (unpaired) electrons. The van der Waals surface area contributed by atoms with Crippen molar-refractivity contribution in [2.24, 2.45) is 10.9 Å². The van der Waals surface area contributed by atoms with Crippen LogP contribution in [0.4, 0.5) is 13.2 Å². The van der Waals surface area contributed by atoms with Crippen molar-refractivity contribution in [3.8, 4) is 0 Å². The third kappa shape index (κ3) is 3.98. The zero-order chi connectivity index (χ0) is 10.8. The summed E-state index contributed by atoms with van der Waals surface area (Å²) in [7, 11) is 0. The van der Waals surface area contributed by atoms with E-state index in [0.29, 0.717) is 18.2 Å². The molecule has 14 heavy (non-hydrogen) atoms. The first-order valence-corrected chi connectivity index (χ1v) is 4.63. The quantitative estimate of drug-likeness (QED) is 0.700. The largest absolute Gasteiger partial charge is 0.475 e. The number of rotatable bonds is 3. The first-order chi connectivity index (χ1) is 6.37. The number of aliphatic imine (C=N–C) groups is 1. The van der Waals surface area contributed by atoms with Crippen LogP contribution in [0.1, 0.15) is 26.7 Å². The van der Waals surface area contributed by atoms with Crippen LogP contribution >= 0.6 is 0 Å². The monoisotopic (exact) mass is 209 g/mol. The fourth-order valence-corrected chi connectivity index (χ4v) is 1.30. The van der Waals surface area contributed by atoms with Gasteiger partial charge in [-0.15, -0.1) is 0 Å². The van der Waals surface area contributed by atoms with E-state index in [4.69, 9.17) is 4.74 Å². The second kappa shape index (κ2) is 4.19. The highest BCUT2D eigenvalue weighted by Crippen LogP contribution is 2.25. The number of halogens is 3. The molecule has 1 heterocycles. The standard InChI is InChI=1S/C9H14F3NO/c1-6(2)3-8-13-5-7(14-8)4-9(10,11)12/h6-7H,3-5H2,1-2H3/t7-/m0/s1. The molecule has 0 aromatic carbocycles. The second-order valence-corrected chi connectivity index (χ2v) is 3.89. The summed E-state index contributed by atoms with van der Waals surface area (Å²) in [6, 6.07) is 0. The predicted molar refractivity (Wildman–Crippen MR) is 47.3 cm³/mol. The summed E-state index contributed by atoms with van der Waals surface area (Å²) in [6.45, 7) is 4.09. The molecule has 1 rings (SSSR count). The summed E-state index contributed by atoms with van der Waals surface area (Å²) in [6.07, 6.45) is -5.25. The maximum atomic E-state index is 12.0. The van der Waals surface area contributed by atoms with Gasteiger partial charge in [-0.1, -0.05) is 13.8 Å². The highest BCUT2D eigenvalue weighted by molar-refractivity contribution is 5.77. The van der Waals surface area contributed by atoms with Gasteiger partial charge in [-0.25, -0.2) is 0 Å². The van der Waals surface area contributed by atoms with Gasteiger partial charge in [0.2, 0.25) is 0 Å². The van der Waals surface area contributed by atoms with Gasteiger partial charge in [-0.05, 0) is 5.92 Å². The summed E-state index contributed by atoms with van der Waals surface area (Å²) in [4.78, 5) is 3.94. The topological polar surface area (TPSA) is 21.6 Å². The van der Waals surface area contributed by atoms with E-state index in [1.165, 1.54) is 0 Å². The van der Waals surface area contributed by atoms with E-state index in [0.717, 1.165) is 0 Å². The summed E-state index contributed by atoms with van der Waals surface area (Å²) in [5.74, 6) is 0.827. The molecule has 0 spiro atoms. The van der Waals surface area contributed by atoms with Crippen molar-refractivity contribution in [2.45, 2.75) is 39.0 Å². The van der Waals surface area contributed by atoms with Crippen molar-refractivity contribution in [3.63, 3.8) is 0 Å². The number of hydrogen-bond acceptors (Lipinski definition) is 2. The lowest BCUT2D eigenvalue weighted by Gasteiger charge is -2.13. The summed E-state index contributed by atoms with van der Waals surface area (Å²) >= 11 is 0. The Morgan fingerprint density at radius 3 is 2.64 bits per heavy atom. The molecular formula is C9H14F3NO. The molecule has 2 nitrogen and oxygen atoms in total. The summed E-state index contributed by atoms with van der Waals surface area (Å²) < 4.78 is 41.0. The Morgan fingerprint density at radius 2 is 2.14 bits per heavy atom. The number of ether oxygens (including phenoxy) is 1. The van der Waals surface area contributed by atoms with Crippen molar-refractivity contribution in [3.05, 3.63) is 0 Å². The van der Waals surface area contributed by atoms with E-state index in [1.807, 2.05) is 13.8 Å². The molecule has 0 bridgehead atoms. The van der Waals surface area contributed by atoms with E-state index in [1.54, 1.807) is 0 Å². The van der Waals surface area contributed by atoms with E-state index in [-0.39, 0.29) is 6.54 Å². The average molecular weight is 209 g/mol. The van der Waals surface area contributed by atoms with Crippen LogP contribution in [0.15, 0.2) is 4.99 Å². The number of hydrogen-bond donors (Lipinski definition) is 0. The third-order valence-electron chi connectivity index (χ3n) is 1.82. The Bertz CT molecular complexity index is 223. The smallest absolute Gasteiger partial charge is 0.392 e. The predicted octanol–water partition coefficient (Wildman–Crippen LogP) is 2.78. The van der Waals surface area contributed by atoms with Crippen molar-refractivity contribution in [1.29, 1.82) is 0 Å². The molecule has 1 aliphatic rings. The van der Waals surface area contributed by atoms with Gasteiger partial charge in [0.1, 0.15) is 6.10 Å². The van der Waals surface area contributed by atoms with Crippen LogP contribution in [-0.2, 0) is 4.74 Å². The normalized spacial score (nSPS) is 22.4. The Balaban J connectivity index is 2.32. The number of alkyl halides is 3. The zero-order valence-corrected chi connectivity index (χ0v) is 8.27. The average Bonchev–Trinajstić information content (AvgIpc) is 2.30. The van der Waals surface area contributed by atoms with Crippen molar-refractivity contribution >= 4 is 5.90 Å². The van der Waals surface area contributed by atoms with Gasteiger partial charge in [-0.2, -0.15) is 13.2 Å². The van der Waals surface area contributed by atoms with Gasteiger partial charge in [0.05, 0.1) is 13.0 Å². The molecule has 0 aromatic rings. The van der Waals surface area contributed by atoms with E-state index in [2.05, 4.69) is 4.99 Å². The minimum absolute atomic E-state index is 0.140. The molecule has 0 aliphatic carbocycles. The maximum absolute atomic E-state index is 12.0. The minimum Gasteiger partial charge on any atom is -0.475 e. The minimum atomic E-state index is -4.16. The molecule has 0 fully saturated rings. The fourth-order valence-electron chi connectivity index (χ4n) is 1.30. The van der Waals surface area contributed by atoms with Crippen molar-refractivity contribution < 1.29 is 17.9 Å². The summed E-state index contributed by atoms with van der Waals surface area (Å²) in [5.41, 5.74) is 0. The van der Waals surface area contributed by atoms with Crippen LogP contribution < -0.4 is 0 Å². The Morgan fingerprint density at radius 1 is 1.50 bits per heavy atom. The lowest BCUT2D eigenvalue weighted by atomic mass is 10.1. The fraction of sp³-hybridized carbons (Fsp3) is 0.889. The van der Waals surface area contributed by atoms with Gasteiger partial charge in [-0.3, -0.25) is 4.99 Å². The van der Waals surface area contributed by atoms with Crippen molar-refractivity contribution in [1.82, 2.24) is 0 Å².